The molecular weight excluding hydrogens is 942 g/mol. The highest BCUT2D eigenvalue weighted by atomic mass is 35.5. The summed E-state index contributed by atoms with van der Waals surface area (Å²) in [7, 11) is 0. The number of halogens is 1. The Kier molecular flexibility index (Phi) is 11.2. The van der Waals surface area contributed by atoms with Gasteiger partial charge in [-0.15, -0.1) is 0 Å². The summed E-state index contributed by atoms with van der Waals surface area (Å²) in [6.45, 7) is 0. The summed E-state index contributed by atoms with van der Waals surface area (Å²) in [4.78, 5) is 4.75. The van der Waals surface area contributed by atoms with Gasteiger partial charge in [0.05, 0.1) is 44.5 Å². The lowest BCUT2D eigenvalue weighted by Gasteiger charge is -2.33. The number of hydrogen-bond donors (Lipinski definition) is 0. The number of benzene rings is 12. The van der Waals surface area contributed by atoms with E-state index < -0.39 is 0 Å². The van der Waals surface area contributed by atoms with E-state index >= 15 is 0 Å². The largest absolute Gasteiger partial charge is 0.309 e. The monoisotopic (exact) mass is 989 g/mol. The summed E-state index contributed by atoms with van der Waals surface area (Å²) in [6, 6.07) is 105. The Hall–Kier alpha value is -9.67. The number of anilines is 6. The molecule has 0 saturated heterocycles. The normalized spacial score (nSPS) is 11.7. The molecule has 0 spiro atoms. The van der Waals surface area contributed by atoms with Crippen molar-refractivity contribution in [3.63, 3.8) is 0 Å². The van der Waals surface area contributed by atoms with Crippen molar-refractivity contribution in [3.05, 3.63) is 296 Å². The fourth-order valence-corrected chi connectivity index (χ4v) is 11.7. The maximum absolute atomic E-state index is 8.42. The molecule has 0 radical (unpaired) electrons. The minimum atomic E-state index is 0.603. The van der Waals surface area contributed by atoms with E-state index in [0.717, 1.165) is 118 Å². The van der Waals surface area contributed by atoms with E-state index in [1.807, 2.05) is 0 Å². The van der Waals surface area contributed by atoms with E-state index in [1.165, 1.54) is 10.8 Å². The van der Waals surface area contributed by atoms with Gasteiger partial charge in [0.25, 0.3) is 0 Å². The highest BCUT2D eigenvalue weighted by Crippen LogP contribution is 2.56. The predicted octanol–water partition coefficient (Wildman–Crippen LogP) is 20.7. The van der Waals surface area contributed by atoms with Gasteiger partial charge in [-0.2, -0.15) is 0 Å². The smallest absolute Gasteiger partial charge is 0.0888 e. The average molecular weight is 991 g/mol. The van der Waals surface area contributed by atoms with Crippen LogP contribution in [0.4, 0.5) is 34.1 Å². The molecular formula is C72H48ClN3. The van der Waals surface area contributed by atoms with Crippen LogP contribution in [-0.2, 0) is 0 Å². The average Bonchev–Trinajstić information content (AvgIpc) is 3.82. The SMILES string of the molecule is Clc1c(N(c2ccc(-c3ccccc3)cc2)c2ccc(-c3ccccc3)cc2)cc(-n2c3ccccc3c3ccccc32)cc1N1c2ccc(-c3ccccc3)cc2-c2ccccc2-c2cc(-c3ccccc3)ccc21. The van der Waals surface area contributed by atoms with Gasteiger partial charge >= 0.3 is 0 Å². The molecule has 1 aromatic heterocycles. The maximum atomic E-state index is 8.42. The number of para-hydroxylation sites is 2. The second-order valence-electron chi connectivity index (χ2n) is 19.4. The number of aromatic nitrogens is 1. The van der Waals surface area contributed by atoms with Crippen molar-refractivity contribution in [1.82, 2.24) is 4.57 Å². The summed E-state index contributed by atoms with van der Waals surface area (Å²) >= 11 is 8.42. The Balaban J connectivity index is 1.08. The third-order valence-electron chi connectivity index (χ3n) is 15.0. The molecule has 4 heteroatoms. The van der Waals surface area contributed by atoms with E-state index in [-0.39, 0.29) is 0 Å². The van der Waals surface area contributed by atoms with Crippen molar-refractivity contribution in [2.45, 2.75) is 0 Å². The molecule has 76 heavy (non-hydrogen) atoms. The standard InChI is InChI=1S/C72H48ClN3/c73-72-70(74(57-39-33-53(34-40-57)49-19-5-1-6-20-49)58-41-35-54(36-42-58)50-21-7-2-8-22-50)47-59(75-66-31-17-15-29-62(66)63-30-16-18-32-67(63)75)48-71(72)76-68-43-37-55(51-23-9-3-10-24-51)45-64(68)60-27-13-14-28-61(60)65-46-56(38-44-69(65)76)52-25-11-4-12-26-52/h1-48H. The van der Waals surface area contributed by atoms with Gasteiger partial charge in [0.2, 0.25) is 0 Å². The predicted molar refractivity (Wildman–Crippen MR) is 321 cm³/mol. The van der Waals surface area contributed by atoms with Crippen LogP contribution in [0.5, 0.6) is 0 Å². The number of fused-ring (bicyclic) bond motifs is 8. The van der Waals surface area contributed by atoms with Crippen LogP contribution in [0, 0.1) is 0 Å². The summed E-state index contributed by atoms with van der Waals surface area (Å²) in [6.07, 6.45) is 0. The summed E-state index contributed by atoms with van der Waals surface area (Å²) in [5.41, 5.74) is 22.6. The number of rotatable bonds is 9. The lowest BCUT2D eigenvalue weighted by atomic mass is 9.91. The van der Waals surface area contributed by atoms with E-state index in [1.54, 1.807) is 0 Å². The fraction of sp³-hybridized carbons (Fsp3) is 0. The number of hydrogen-bond acceptors (Lipinski definition) is 2. The first-order valence-electron chi connectivity index (χ1n) is 25.8. The first-order valence-corrected chi connectivity index (χ1v) is 26.2. The van der Waals surface area contributed by atoms with Gasteiger partial charge in [0, 0.05) is 33.3 Å². The van der Waals surface area contributed by atoms with Crippen LogP contribution in [-0.4, -0.2) is 4.57 Å². The third-order valence-corrected chi connectivity index (χ3v) is 15.4. The molecule has 12 aromatic carbocycles. The van der Waals surface area contributed by atoms with Crippen LogP contribution in [0.25, 0.3) is 94.3 Å². The van der Waals surface area contributed by atoms with Gasteiger partial charge in [0.1, 0.15) is 0 Å². The molecule has 1 aliphatic heterocycles. The van der Waals surface area contributed by atoms with Crippen molar-refractivity contribution in [2.24, 2.45) is 0 Å². The van der Waals surface area contributed by atoms with Gasteiger partial charge in [-0.1, -0.05) is 230 Å². The van der Waals surface area contributed by atoms with Crippen molar-refractivity contribution in [2.75, 3.05) is 9.80 Å². The van der Waals surface area contributed by atoms with Gasteiger partial charge < -0.3 is 14.4 Å². The van der Waals surface area contributed by atoms with Crippen LogP contribution in [0.3, 0.4) is 0 Å². The van der Waals surface area contributed by atoms with E-state index in [0.29, 0.717) is 5.02 Å². The first-order chi connectivity index (χ1) is 37.6. The second kappa shape index (κ2) is 19.0. The quantitative estimate of drug-likeness (QED) is 0.143. The molecule has 13 aromatic rings. The molecule has 0 fully saturated rings. The summed E-state index contributed by atoms with van der Waals surface area (Å²) in [5.74, 6) is 0. The van der Waals surface area contributed by atoms with Gasteiger partial charge in [-0.3, -0.25) is 0 Å². The number of nitrogens with zero attached hydrogens (tertiary/aromatic N) is 3. The summed E-state index contributed by atoms with van der Waals surface area (Å²) < 4.78 is 2.41. The molecule has 358 valence electrons. The van der Waals surface area contributed by atoms with Crippen LogP contribution in [0.2, 0.25) is 5.02 Å². The Morgan fingerprint density at radius 1 is 0.276 bits per heavy atom. The molecule has 0 saturated carbocycles. The summed E-state index contributed by atoms with van der Waals surface area (Å²) in [5, 5.41) is 2.97. The Morgan fingerprint density at radius 2 is 0.632 bits per heavy atom. The molecule has 14 rings (SSSR count). The molecule has 0 amide bonds. The molecule has 1 aliphatic rings. The Labute approximate surface area is 448 Å². The zero-order valence-corrected chi connectivity index (χ0v) is 42.2. The molecule has 0 unspecified atom stereocenters. The zero-order chi connectivity index (χ0) is 50.5. The molecule has 0 aliphatic carbocycles. The highest BCUT2D eigenvalue weighted by molar-refractivity contribution is 6.37. The topological polar surface area (TPSA) is 11.4 Å². The van der Waals surface area contributed by atoms with E-state index in [9.17, 15) is 0 Å². The maximum Gasteiger partial charge on any atom is 0.0888 e. The van der Waals surface area contributed by atoms with Crippen molar-refractivity contribution in [1.29, 1.82) is 0 Å². The van der Waals surface area contributed by atoms with Crippen LogP contribution in [0.1, 0.15) is 0 Å². The van der Waals surface area contributed by atoms with E-state index in [4.69, 9.17) is 11.6 Å². The van der Waals surface area contributed by atoms with Crippen LogP contribution < -0.4 is 9.80 Å². The van der Waals surface area contributed by atoms with Gasteiger partial charge in [-0.25, -0.2) is 0 Å². The molecule has 0 atom stereocenters. The molecule has 0 bridgehead atoms. The van der Waals surface area contributed by atoms with Crippen molar-refractivity contribution in [3.8, 4) is 72.4 Å². The minimum absolute atomic E-state index is 0.603. The van der Waals surface area contributed by atoms with Crippen LogP contribution in [0.15, 0.2) is 291 Å². The first kappa shape index (κ1) is 45.0. The zero-order valence-electron chi connectivity index (χ0n) is 41.4. The molecule has 3 nitrogen and oxygen atoms in total. The lowest BCUT2D eigenvalue weighted by molar-refractivity contribution is 1.16. The van der Waals surface area contributed by atoms with E-state index in [2.05, 4.69) is 306 Å². The van der Waals surface area contributed by atoms with Crippen molar-refractivity contribution < 1.29 is 0 Å². The van der Waals surface area contributed by atoms with Crippen molar-refractivity contribution >= 4 is 67.5 Å². The van der Waals surface area contributed by atoms with Gasteiger partial charge in [-0.05, 0) is 128 Å². The Morgan fingerprint density at radius 3 is 1.07 bits per heavy atom. The van der Waals surface area contributed by atoms with Crippen LogP contribution >= 0.6 is 11.6 Å². The molecule has 2 heterocycles. The Bertz CT molecular complexity index is 4020. The van der Waals surface area contributed by atoms with Gasteiger partial charge in [0.15, 0.2) is 0 Å². The minimum Gasteiger partial charge on any atom is -0.309 e. The highest BCUT2D eigenvalue weighted by Gasteiger charge is 2.31. The lowest BCUT2D eigenvalue weighted by Crippen LogP contribution is -2.16. The second-order valence-corrected chi connectivity index (χ2v) is 19.8. The third kappa shape index (κ3) is 7.85. The molecule has 0 N–H and O–H groups in total. The fourth-order valence-electron chi connectivity index (χ4n) is 11.4.